The molecule has 0 radical (unpaired) electrons. The van der Waals surface area contributed by atoms with Crippen LogP contribution in [0.25, 0.3) is 0 Å². The minimum absolute atomic E-state index is 0.559. The first-order valence-corrected chi connectivity index (χ1v) is 6.10. The lowest BCUT2D eigenvalue weighted by molar-refractivity contribution is 0.628. The fourth-order valence-corrected chi connectivity index (χ4v) is 1.77. The number of aryl methyl sites for hydroxylation is 2. The minimum atomic E-state index is 0.559. The Balaban J connectivity index is 2.18. The van der Waals surface area contributed by atoms with Gasteiger partial charge in [0.25, 0.3) is 0 Å². The molecule has 2 aromatic rings. The summed E-state index contributed by atoms with van der Waals surface area (Å²) < 4.78 is 1.98. The molecule has 0 spiro atoms. The summed E-state index contributed by atoms with van der Waals surface area (Å²) in [5.41, 5.74) is 5.66. The first-order valence-electron chi connectivity index (χ1n) is 6.10. The van der Waals surface area contributed by atoms with Gasteiger partial charge < -0.3 is 5.43 Å². The van der Waals surface area contributed by atoms with E-state index in [1.165, 1.54) is 5.69 Å². The van der Waals surface area contributed by atoms with Crippen molar-refractivity contribution in [3.05, 3.63) is 35.5 Å². The van der Waals surface area contributed by atoms with Crippen LogP contribution in [0.1, 0.15) is 30.9 Å². The van der Waals surface area contributed by atoms with Gasteiger partial charge in [-0.05, 0) is 18.9 Å². The molecule has 0 aromatic carbocycles. The lowest BCUT2D eigenvalue weighted by Crippen LogP contribution is -2.11. The summed E-state index contributed by atoms with van der Waals surface area (Å²) in [6, 6.07) is 2.14. The van der Waals surface area contributed by atoms with Gasteiger partial charge in [-0.3, -0.25) is 9.67 Å². The highest BCUT2D eigenvalue weighted by Gasteiger charge is 2.06. The molecule has 0 amide bonds. The molecule has 0 saturated heterocycles. The Morgan fingerprint density at radius 3 is 2.56 bits per heavy atom. The summed E-state index contributed by atoms with van der Waals surface area (Å²) in [5, 5.41) is 4.55. The van der Waals surface area contributed by atoms with Gasteiger partial charge in [-0.2, -0.15) is 5.10 Å². The van der Waals surface area contributed by atoms with Crippen LogP contribution in [0.5, 0.6) is 0 Å². The molecule has 3 N–H and O–H groups in total. The fourth-order valence-electron chi connectivity index (χ4n) is 1.77. The van der Waals surface area contributed by atoms with Crippen LogP contribution in [0.4, 0.5) is 5.82 Å². The SMILES string of the molecule is CCc1cc(CC)n(Cc2cnc(NN)cn2)n1. The third kappa shape index (κ3) is 2.65. The molecule has 0 aliphatic heterocycles. The molecule has 2 rings (SSSR count). The number of hydrogen-bond donors (Lipinski definition) is 2. The Bertz CT molecular complexity index is 502. The smallest absolute Gasteiger partial charge is 0.158 e. The maximum Gasteiger partial charge on any atom is 0.158 e. The van der Waals surface area contributed by atoms with Crippen LogP contribution in [0, 0.1) is 0 Å². The summed E-state index contributed by atoms with van der Waals surface area (Å²) in [6.07, 6.45) is 5.23. The number of anilines is 1. The number of hydrazine groups is 1. The monoisotopic (exact) mass is 246 g/mol. The second kappa shape index (κ2) is 5.59. The molecule has 18 heavy (non-hydrogen) atoms. The van der Waals surface area contributed by atoms with Crippen molar-refractivity contribution in [3.63, 3.8) is 0 Å². The number of hydrogen-bond acceptors (Lipinski definition) is 5. The van der Waals surface area contributed by atoms with Gasteiger partial charge in [0.15, 0.2) is 5.82 Å². The number of nitrogens with zero attached hydrogens (tertiary/aromatic N) is 4. The van der Waals surface area contributed by atoms with Gasteiger partial charge in [0.05, 0.1) is 30.3 Å². The van der Waals surface area contributed by atoms with Crippen LogP contribution in [-0.2, 0) is 19.4 Å². The normalized spacial score (nSPS) is 10.6. The Kier molecular flexibility index (Phi) is 3.88. The number of aromatic nitrogens is 4. The van der Waals surface area contributed by atoms with Crippen molar-refractivity contribution in [1.82, 2.24) is 19.7 Å². The van der Waals surface area contributed by atoms with Gasteiger partial charge in [-0.1, -0.05) is 13.8 Å². The highest BCUT2D eigenvalue weighted by molar-refractivity contribution is 5.28. The third-order valence-corrected chi connectivity index (χ3v) is 2.80. The average Bonchev–Trinajstić information content (AvgIpc) is 2.82. The molecule has 0 atom stereocenters. The van der Waals surface area contributed by atoms with E-state index in [9.17, 15) is 0 Å². The summed E-state index contributed by atoms with van der Waals surface area (Å²) in [7, 11) is 0. The lowest BCUT2D eigenvalue weighted by atomic mass is 10.2. The van der Waals surface area contributed by atoms with E-state index in [2.05, 4.69) is 40.4 Å². The minimum Gasteiger partial charge on any atom is -0.307 e. The van der Waals surface area contributed by atoms with E-state index in [1.807, 2.05) is 4.68 Å². The van der Waals surface area contributed by atoms with Gasteiger partial charge in [0.2, 0.25) is 0 Å². The molecule has 6 heteroatoms. The van der Waals surface area contributed by atoms with Crippen molar-refractivity contribution in [2.45, 2.75) is 33.2 Å². The van der Waals surface area contributed by atoms with E-state index in [1.54, 1.807) is 12.4 Å². The summed E-state index contributed by atoms with van der Waals surface area (Å²) >= 11 is 0. The van der Waals surface area contributed by atoms with Crippen molar-refractivity contribution >= 4 is 5.82 Å². The van der Waals surface area contributed by atoms with Crippen LogP contribution < -0.4 is 11.3 Å². The molecule has 96 valence electrons. The largest absolute Gasteiger partial charge is 0.307 e. The maximum atomic E-state index is 5.25. The molecular weight excluding hydrogens is 228 g/mol. The van der Waals surface area contributed by atoms with E-state index < -0.39 is 0 Å². The van der Waals surface area contributed by atoms with Crippen LogP contribution in [0.15, 0.2) is 18.5 Å². The Labute approximate surface area is 106 Å². The topological polar surface area (TPSA) is 81.7 Å². The third-order valence-electron chi connectivity index (χ3n) is 2.80. The number of nitrogens with two attached hydrogens (primary N) is 1. The number of nitrogens with one attached hydrogen (secondary N) is 1. The Hall–Kier alpha value is -1.95. The van der Waals surface area contributed by atoms with Crippen LogP contribution in [0.2, 0.25) is 0 Å². The van der Waals surface area contributed by atoms with Crippen molar-refractivity contribution in [2.75, 3.05) is 5.43 Å². The van der Waals surface area contributed by atoms with Gasteiger partial charge >= 0.3 is 0 Å². The zero-order valence-corrected chi connectivity index (χ0v) is 10.7. The maximum absolute atomic E-state index is 5.25. The van der Waals surface area contributed by atoms with Gasteiger partial charge in [-0.25, -0.2) is 10.8 Å². The zero-order valence-electron chi connectivity index (χ0n) is 10.7. The van der Waals surface area contributed by atoms with E-state index in [0.29, 0.717) is 12.4 Å². The van der Waals surface area contributed by atoms with E-state index in [-0.39, 0.29) is 0 Å². The van der Waals surface area contributed by atoms with Gasteiger partial charge in [-0.15, -0.1) is 0 Å². The zero-order chi connectivity index (χ0) is 13.0. The first-order chi connectivity index (χ1) is 8.76. The molecular formula is C12H18N6. The van der Waals surface area contributed by atoms with Crippen molar-refractivity contribution in [3.8, 4) is 0 Å². The first kappa shape index (κ1) is 12.5. The van der Waals surface area contributed by atoms with E-state index in [4.69, 9.17) is 5.84 Å². The summed E-state index contributed by atoms with van der Waals surface area (Å²) in [5.74, 6) is 5.81. The van der Waals surface area contributed by atoms with Crippen LogP contribution >= 0.6 is 0 Å². The van der Waals surface area contributed by atoms with E-state index >= 15 is 0 Å². The molecule has 2 aromatic heterocycles. The number of rotatable bonds is 5. The Morgan fingerprint density at radius 1 is 1.17 bits per heavy atom. The molecule has 0 saturated carbocycles. The molecule has 6 nitrogen and oxygen atoms in total. The van der Waals surface area contributed by atoms with Crippen molar-refractivity contribution < 1.29 is 0 Å². The molecule has 0 unspecified atom stereocenters. The van der Waals surface area contributed by atoms with Gasteiger partial charge in [0.1, 0.15) is 0 Å². The molecule has 0 bridgehead atoms. The number of nitrogen functional groups attached to an aromatic ring is 1. The molecule has 0 fully saturated rings. The average molecular weight is 246 g/mol. The molecule has 2 heterocycles. The van der Waals surface area contributed by atoms with Crippen molar-refractivity contribution in [1.29, 1.82) is 0 Å². The van der Waals surface area contributed by atoms with Crippen LogP contribution in [-0.4, -0.2) is 19.7 Å². The summed E-state index contributed by atoms with van der Waals surface area (Å²) in [6.45, 7) is 4.87. The second-order valence-electron chi connectivity index (χ2n) is 4.03. The predicted octanol–water partition coefficient (Wildman–Crippen LogP) is 1.13. The quantitative estimate of drug-likeness (QED) is 0.610. The highest BCUT2D eigenvalue weighted by atomic mass is 15.3. The standard InChI is InChI=1S/C12H18N6/c1-3-9-5-11(4-2)18(17-9)8-10-6-15-12(16-13)7-14-10/h5-7H,3-4,8,13H2,1-2H3,(H,15,16). The Morgan fingerprint density at radius 2 is 2.00 bits per heavy atom. The fraction of sp³-hybridized carbons (Fsp3) is 0.417. The highest BCUT2D eigenvalue weighted by Crippen LogP contribution is 2.09. The van der Waals surface area contributed by atoms with Crippen molar-refractivity contribution in [2.24, 2.45) is 5.84 Å². The lowest BCUT2D eigenvalue weighted by Gasteiger charge is -2.05. The van der Waals surface area contributed by atoms with E-state index in [0.717, 1.165) is 24.2 Å². The molecule has 0 aliphatic rings. The summed E-state index contributed by atoms with van der Waals surface area (Å²) in [4.78, 5) is 8.43. The molecule has 0 aliphatic carbocycles. The van der Waals surface area contributed by atoms with Crippen LogP contribution in [0.3, 0.4) is 0 Å². The predicted molar refractivity (Wildman–Crippen MR) is 69.9 cm³/mol. The second-order valence-corrected chi connectivity index (χ2v) is 4.03. The van der Waals surface area contributed by atoms with Gasteiger partial charge in [0, 0.05) is 5.69 Å².